The van der Waals surface area contributed by atoms with Crippen molar-refractivity contribution in [3.63, 3.8) is 0 Å². The number of rotatable bonds is 3. The van der Waals surface area contributed by atoms with Gasteiger partial charge in [-0.1, -0.05) is 0 Å². The Morgan fingerprint density at radius 1 is 1.62 bits per heavy atom. The molecule has 1 heterocycles. The first-order chi connectivity index (χ1) is 5.97. The smallest absolute Gasteiger partial charge is 0.292 e. The number of alkyl halides is 2. The lowest BCUT2D eigenvalue weighted by atomic mass is 10.1. The zero-order chi connectivity index (χ0) is 10.1. The van der Waals surface area contributed by atoms with Gasteiger partial charge in [0.25, 0.3) is 5.92 Å². The number of hydrogen-bond donors (Lipinski definition) is 2. The van der Waals surface area contributed by atoms with Gasteiger partial charge in [0.2, 0.25) is 0 Å². The maximum atomic E-state index is 12.8. The molecule has 13 heavy (non-hydrogen) atoms. The molecule has 0 aliphatic heterocycles. The van der Waals surface area contributed by atoms with Crippen molar-refractivity contribution < 1.29 is 18.3 Å². The van der Waals surface area contributed by atoms with Crippen LogP contribution in [0.4, 0.5) is 8.78 Å². The molecular weight excluding hydrogens is 180 g/mol. The fraction of sp³-hybridized carbons (Fsp3) is 0.500. The molecule has 1 atom stereocenters. The van der Waals surface area contributed by atoms with Crippen LogP contribution in [0.15, 0.2) is 16.5 Å². The summed E-state index contributed by atoms with van der Waals surface area (Å²) in [5.74, 6) is -2.85. The molecule has 0 fully saturated rings. The molecule has 1 aromatic rings. The standard InChI is InChI=1S/C8H11F2NO2/c1-5-2-3-6(13-5)7(11)8(9,10)4-12/h2-3,7,12H,4,11H2,1H3/t7-/m1/s1. The first-order valence-corrected chi connectivity index (χ1v) is 3.78. The molecule has 0 amide bonds. The highest BCUT2D eigenvalue weighted by Crippen LogP contribution is 2.29. The summed E-state index contributed by atoms with van der Waals surface area (Å²) in [7, 11) is 0. The fourth-order valence-corrected chi connectivity index (χ4v) is 0.927. The third-order valence-corrected chi connectivity index (χ3v) is 1.73. The Balaban J connectivity index is 2.84. The van der Waals surface area contributed by atoms with Gasteiger partial charge >= 0.3 is 0 Å². The van der Waals surface area contributed by atoms with Gasteiger partial charge in [-0.05, 0) is 19.1 Å². The lowest BCUT2D eigenvalue weighted by Gasteiger charge is -2.18. The Hall–Kier alpha value is -0.940. The predicted molar refractivity (Wildman–Crippen MR) is 42.4 cm³/mol. The monoisotopic (exact) mass is 191 g/mol. The summed E-state index contributed by atoms with van der Waals surface area (Å²) < 4.78 is 30.5. The fourth-order valence-electron chi connectivity index (χ4n) is 0.927. The molecule has 0 aliphatic carbocycles. The van der Waals surface area contributed by atoms with Gasteiger partial charge in [0.15, 0.2) is 0 Å². The van der Waals surface area contributed by atoms with Crippen molar-refractivity contribution in [2.45, 2.75) is 18.9 Å². The first-order valence-electron chi connectivity index (χ1n) is 3.78. The van der Waals surface area contributed by atoms with Gasteiger partial charge in [-0.25, -0.2) is 8.78 Å². The molecule has 0 aromatic carbocycles. The largest absolute Gasteiger partial charge is 0.464 e. The van der Waals surface area contributed by atoms with E-state index in [0.717, 1.165) is 0 Å². The van der Waals surface area contributed by atoms with Crippen LogP contribution in [0, 0.1) is 6.92 Å². The third-order valence-electron chi connectivity index (χ3n) is 1.73. The molecule has 3 N–H and O–H groups in total. The van der Waals surface area contributed by atoms with Crippen molar-refractivity contribution in [1.29, 1.82) is 0 Å². The average Bonchev–Trinajstić information content (AvgIpc) is 2.50. The Morgan fingerprint density at radius 3 is 2.62 bits per heavy atom. The van der Waals surface area contributed by atoms with Crippen molar-refractivity contribution in [3.8, 4) is 0 Å². The minimum absolute atomic E-state index is 0.0171. The minimum Gasteiger partial charge on any atom is -0.464 e. The lowest BCUT2D eigenvalue weighted by molar-refractivity contribution is -0.0756. The summed E-state index contributed by atoms with van der Waals surface area (Å²) in [5.41, 5.74) is 5.19. The molecule has 0 bridgehead atoms. The Kier molecular flexibility index (Phi) is 2.68. The number of furan rings is 1. The maximum absolute atomic E-state index is 12.8. The molecule has 0 aliphatic rings. The molecule has 1 aromatic heterocycles. The van der Waals surface area contributed by atoms with Crippen molar-refractivity contribution in [2.75, 3.05) is 6.61 Å². The molecule has 5 heteroatoms. The Bertz CT molecular complexity index is 285. The summed E-state index contributed by atoms with van der Waals surface area (Å²) in [6.07, 6.45) is 0. The van der Waals surface area contributed by atoms with Gasteiger partial charge in [0, 0.05) is 0 Å². The summed E-state index contributed by atoms with van der Waals surface area (Å²) in [6.45, 7) is 0.348. The summed E-state index contributed by atoms with van der Waals surface area (Å²) in [5, 5.41) is 8.36. The second kappa shape index (κ2) is 3.43. The van der Waals surface area contributed by atoms with Crippen LogP contribution in [0.2, 0.25) is 0 Å². The number of halogens is 2. The SMILES string of the molecule is Cc1ccc([C@@H](N)C(F)(F)CO)o1. The first kappa shape index (κ1) is 10.1. The predicted octanol–water partition coefficient (Wildman–Crippen LogP) is 1.22. The van der Waals surface area contributed by atoms with Crippen molar-refractivity contribution in [2.24, 2.45) is 5.73 Å². The lowest BCUT2D eigenvalue weighted by Crippen LogP contribution is -2.35. The molecule has 0 saturated carbocycles. The minimum atomic E-state index is -3.34. The van der Waals surface area contributed by atoms with Gasteiger partial charge in [0.1, 0.15) is 24.2 Å². The van der Waals surface area contributed by atoms with Crippen LogP contribution in [0.5, 0.6) is 0 Å². The number of nitrogens with two attached hydrogens (primary N) is 1. The molecule has 3 nitrogen and oxygen atoms in total. The van der Waals surface area contributed by atoms with Crippen molar-refractivity contribution >= 4 is 0 Å². The van der Waals surface area contributed by atoms with E-state index in [1.54, 1.807) is 13.0 Å². The van der Waals surface area contributed by atoms with Gasteiger partial charge in [-0.3, -0.25) is 0 Å². The van der Waals surface area contributed by atoms with E-state index in [-0.39, 0.29) is 5.76 Å². The molecule has 0 radical (unpaired) electrons. The van der Waals surface area contributed by atoms with E-state index in [9.17, 15) is 8.78 Å². The Morgan fingerprint density at radius 2 is 2.23 bits per heavy atom. The number of aliphatic hydroxyl groups is 1. The maximum Gasteiger partial charge on any atom is 0.292 e. The molecular formula is C8H11F2NO2. The highest BCUT2D eigenvalue weighted by Gasteiger charge is 2.39. The summed E-state index contributed by atoms with van der Waals surface area (Å²) in [6, 6.07) is 1.33. The van der Waals surface area contributed by atoms with E-state index in [1.807, 2.05) is 0 Å². The highest BCUT2D eigenvalue weighted by atomic mass is 19.3. The van der Waals surface area contributed by atoms with E-state index >= 15 is 0 Å². The van der Waals surface area contributed by atoms with Gasteiger partial charge < -0.3 is 15.3 Å². The number of aryl methyl sites for hydroxylation is 1. The normalized spacial score (nSPS) is 14.5. The molecule has 1 rings (SSSR count). The molecule has 0 unspecified atom stereocenters. The van der Waals surface area contributed by atoms with Crippen LogP contribution in [0.25, 0.3) is 0 Å². The van der Waals surface area contributed by atoms with Crippen molar-refractivity contribution in [1.82, 2.24) is 0 Å². The van der Waals surface area contributed by atoms with Crippen LogP contribution in [-0.2, 0) is 0 Å². The van der Waals surface area contributed by atoms with Gasteiger partial charge in [0.05, 0.1) is 0 Å². The third kappa shape index (κ3) is 2.05. The van der Waals surface area contributed by atoms with Crippen LogP contribution in [0.1, 0.15) is 17.6 Å². The topological polar surface area (TPSA) is 59.4 Å². The molecule has 0 saturated heterocycles. The van der Waals surface area contributed by atoms with Gasteiger partial charge in [-0.15, -0.1) is 0 Å². The van der Waals surface area contributed by atoms with E-state index in [2.05, 4.69) is 0 Å². The number of hydrogen-bond acceptors (Lipinski definition) is 3. The number of aliphatic hydroxyl groups excluding tert-OH is 1. The summed E-state index contributed by atoms with van der Waals surface area (Å²) >= 11 is 0. The zero-order valence-electron chi connectivity index (χ0n) is 7.13. The molecule has 74 valence electrons. The summed E-state index contributed by atoms with van der Waals surface area (Å²) in [4.78, 5) is 0. The van der Waals surface area contributed by atoms with E-state index < -0.39 is 18.6 Å². The van der Waals surface area contributed by atoms with Crippen LogP contribution < -0.4 is 5.73 Å². The average molecular weight is 191 g/mol. The van der Waals surface area contributed by atoms with Crippen LogP contribution >= 0.6 is 0 Å². The zero-order valence-corrected chi connectivity index (χ0v) is 7.13. The van der Waals surface area contributed by atoms with Crippen LogP contribution in [0.3, 0.4) is 0 Å². The second-order valence-electron chi connectivity index (χ2n) is 2.85. The Labute approximate surface area is 74.2 Å². The van der Waals surface area contributed by atoms with Crippen molar-refractivity contribution in [3.05, 3.63) is 23.7 Å². The van der Waals surface area contributed by atoms with E-state index in [1.165, 1.54) is 6.07 Å². The molecule has 0 spiro atoms. The van der Waals surface area contributed by atoms with E-state index in [0.29, 0.717) is 5.76 Å². The quantitative estimate of drug-likeness (QED) is 0.755. The van der Waals surface area contributed by atoms with E-state index in [4.69, 9.17) is 15.3 Å². The van der Waals surface area contributed by atoms with Gasteiger partial charge in [-0.2, -0.15) is 0 Å². The van der Waals surface area contributed by atoms with Crippen LogP contribution in [-0.4, -0.2) is 17.6 Å². The second-order valence-corrected chi connectivity index (χ2v) is 2.85. The highest BCUT2D eigenvalue weighted by molar-refractivity contribution is 5.11.